The molecule has 1 N–H and O–H groups in total. The van der Waals surface area contributed by atoms with Gasteiger partial charge >= 0.3 is 0 Å². The summed E-state index contributed by atoms with van der Waals surface area (Å²) in [5, 5.41) is 5.38. The standard InChI is InChI=1S/C28H36N4O2S/c1-30(23-8-3-2-4-9-23)20-16-29-27(33)22-13-17-31(18-14-22)28(34)25-11-12-26(35-25)32-19-15-21-7-5-6-10-24(21)32/h5-7,10-12,15,19,22-23H,2-4,8-9,13-14,16-18,20H2,1H3,(H,29,33). The van der Waals surface area contributed by atoms with Crippen molar-refractivity contribution in [3.63, 3.8) is 0 Å². The summed E-state index contributed by atoms with van der Waals surface area (Å²) in [6.45, 7) is 2.89. The fraction of sp³-hybridized carbons (Fsp3) is 0.500. The van der Waals surface area contributed by atoms with Gasteiger partial charge in [0.1, 0.15) is 5.00 Å². The minimum absolute atomic E-state index is 0.00386. The van der Waals surface area contributed by atoms with Crippen LogP contribution >= 0.6 is 11.3 Å². The Hall–Kier alpha value is -2.64. The second-order valence-corrected chi connectivity index (χ2v) is 11.1. The lowest BCUT2D eigenvalue weighted by Gasteiger charge is -2.32. The first-order valence-electron chi connectivity index (χ1n) is 13.0. The van der Waals surface area contributed by atoms with Crippen LogP contribution in [0.3, 0.4) is 0 Å². The van der Waals surface area contributed by atoms with Crippen LogP contribution in [0.5, 0.6) is 0 Å². The number of aromatic nitrogens is 1. The molecule has 1 aromatic carbocycles. The SMILES string of the molecule is CN(CCNC(=O)C1CCN(C(=O)c2ccc(-n3ccc4ccccc43)s2)CC1)C1CCCCC1. The third kappa shape index (κ3) is 5.46. The number of rotatable bonds is 7. The molecule has 3 aromatic rings. The van der Waals surface area contributed by atoms with Crippen LogP contribution in [0.15, 0.2) is 48.7 Å². The summed E-state index contributed by atoms with van der Waals surface area (Å²) in [6.07, 6.45) is 10.1. The summed E-state index contributed by atoms with van der Waals surface area (Å²) in [7, 11) is 2.18. The second kappa shape index (κ2) is 11.0. The number of thiophene rings is 1. The highest BCUT2D eigenvalue weighted by molar-refractivity contribution is 7.16. The zero-order chi connectivity index (χ0) is 24.2. The van der Waals surface area contributed by atoms with Gasteiger partial charge in [-0.2, -0.15) is 0 Å². The van der Waals surface area contributed by atoms with Gasteiger partial charge in [0.15, 0.2) is 0 Å². The minimum Gasteiger partial charge on any atom is -0.355 e. The zero-order valence-electron chi connectivity index (χ0n) is 20.6. The maximum atomic E-state index is 13.1. The average molecular weight is 493 g/mol. The van der Waals surface area contributed by atoms with Gasteiger partial charge < -0.3 is 19.7 Å². The number of nitrogens with one attached hydrogen (secondary N) is 1. The van der Waals surface area contributed by atoms with Gasteiger partial charge in [-0.15, -0.1) is 11.3 Å². The lowest BCUT2D eigenvalue weighted by Crippen LogP contribution is -2.45. The van der Waals surface area contributed by atoms with Crippen LogP contribution in [0.2, 0.25) is 0 Å². The molecule has 7 heteroatoms. The van der Waals surface area contributed by atoms with Crippen LogP contribution in [-0.2, 0) is 4.79 Å². The Morgan fingerprint density at radius 3 is 2.57 bits per heavy atom. The van der Waals surface area contributed by atoms with Gasteiger partial charge in [-0.25, -0.2) is 0 Å². The Kier molecular flexibility index (Phi) is 7.54. The number of carbonyl (C=O) groups excluding carboxylic acids is 2. The molecule has 0 radical (unpaired) electrons. The summed E-state index contributed by atoms with van der Waals surface area (Å²) in [4.78, 5) is 30.9. The molecule has 1 aliphatic carbocycles. The van der Waals surface area contributed by atoms with Crippen LogP contribution in [0, 0.1) is 5.92 Å². The molecule has 5 rings (SSSR count). The van der Waals surface area contributed by atoms with Crippen LogP contribution < -0.4 is 5.32 Å². The first-order chi connectivity index (χ1) is 17.1. The lowest BCUT2D eigenvalue weighted by molar-refractivity contribution is -0.126. The van der Waals surface area contributed by atoms with Crippen molar-refractivity contribution in [3.05, 3.63) is 53.5 Å². The molecule has 35 heavy (non-hydrogen) atoms. The quantitative estimate of drug-likeness (QED) is 0.509. The van der Waals surface area contributed by atoms with E-state index in [0.717, 1.165) is 34.8 Å². The molecule has 1 saturated heterocycles. The molecule has 0 unspecified atom stereocenters. The Morgan fingerprint density at radius 1 is 1.00 bits per heavy atom. The molecule has 2 aliphatic rings. The van der Waals surface area contributed by atoms with Crippen LogP contribution in [0.1, 0.15) is 54.6 Å². The molecule has 3 heterocycles. The van der Waals surface area contributed by atoms with Crippen LogP contribution in [0.25, 0.3) is 15.9 Å². The Bertz CT molecular complexity index is 1150. The number of hydrogen-bond acceptors (Lipinski definition) is 4. The number of nitrogens with zero attached hydrogens (tertiary/aromatic N) is 3. The van der Waals surface area contributed by atoms with Crippen molar-refractivity contribution >= 4 is 34.1 Å². The molecule has 0 bridgehead atoms. The summed E-state index contributed by atoms with van der Waals surface area (Å²) >= 11 is 1.53. The molecule has 1 saturated carbocycles. The van der Waals surface area contributed by atoms with Gasteiger partial charge in [0, 0.05) is 44.3 Å². The molecule has 2 aromatic heterocycles. The average Bonchev–Trinajstić information content (AvgIpc) is 3.56. The van der Waals surface area contributed by atoms with Gasteiger partial charge in [0.25, 0.3) is 5.91 Å². The van der Waals surface area contributed by atoms with E-state index in [1.165, 1.54) is 48.8 Å². The van der Waals surface area contributed by atoms with Gasteiger partial charge in [-0.1, -0.05) is 37.5 Å². The number of carbonyl (C=O) groups is 2. The number of amides is 2. The molecule has 1 aliphatic heterocycles. The van der Waals surface area contributed by atoms with Crippen molar-refractivity contribution in [1.82, 2.24) is 19.7 Å². The van der Waals surface area contributed by atoms with E-state index in [0.29, 0.717) is 25.7 Å². The van der Waals surface area contributed by atoms with E-state index in [4.69, 9.17) is 0 Å². The van der Waals surface area contributed by atoms with E-state index in [9.17, 15) is 9.59 Å². The maximum absolute atomic E-state index is 13.1. The van der Waals surface area contributed by atoms with Gasteiger partial charge in [0.2, 0.25) is 5.91 Å². The molecule has 2 amide bonds. The number of hydrogen-bond donors (Lipinski definition) is 1. The van der Waals surface area contributed by atoms with Crippen molar-refractivity contribution in [2.75, 3.05) is 33.2 Å². The minimum atomic E-state index is 0.00386. The van der Waals surface area contributed by atoms with Crippen molar-refractivity contribution < 1.29 is 9.59 Å². The molecule has 186 valence electrons. The highest BCUT2D eigenvalue weighted by Gasteiger charge is 2.28. The summed E-state index contributed by atoms with van der Waals surface area (Å²) < 4.78 is 2.14. The van der Waals surface area contributed by atoms with Crippen LogP contribution in [0.4, 0.5) is 0 Å². The fourth-order valence-corrected chi connectivity index (χ4v) is 6.52. The Morgan fingerprint density at radius 2 is 1.77 bits per heavy atom. The summed E-state index contributed by atoms with van der Waals surface area (Å²) in [5.41, 5.74) is 1.14. The smallest absolute Gasteiger partial charge is 0.263 e. The van der Waals surface area contributed by atoms with Crippen molar-refractivity contribution in [2.45, 2.75) is 51.0 Å². The van der Waals surface area contributed by atoms with Crippen molar-refractivity contribution in [1.29, 1.82) is 0 Å². The molecule has 6 nitrogen and oxygen atoms in total. The zero-order valence-corrected chi connectivity index (χ0v) is 21.4. The number of likely N-dealkylation sites (tertiary alicyclic amines) is 1. The first-order valence-corrected chi connectivity index (χ1v) is 13.9. The predicted octanol–water partition coefficient (Wildman–Crippen LogP) is 4.92. The molecule has 0 spiro atoms. The predicted molar refractivity (Wildman–Crippen MR) is 142 cm³/mol. The third-order valence-corrected chi connectivity index (χ3v) is 8.83. The number of fused-ring (bicyclic) bond motifs is 1. The number of likely N-dealkylation sites (N-methyl/N-ethyl adjacent to an activating group) is 1. The van der Waals surface area contributed by atoms with E-state index < -0.39 is 0 Å². The van der Waals surface area contributed by atoms with Crippen LogP contribution in [-0.4, -0.2) is 65.4 Å². The van der Waals surface area contributed by atoms with Crippen molar-refractivity contribution in [2.24, 2.45) is 5.92 Å². The third-order valence-electron chi connectivity index (χ3n) is 7.75. The summed E-state index contributed by atoms with van der Waals surface area (Å²) in [6, 6.07) is 15.0. The molecular formula is C28H36N4O2S. The maximum Gasteiger partial charge on any atom is 0.263 e. The van der Waals surface area contributed by atoms with E-state index in [1.54, 1.807) is 0 Å². The Balaban J connectivity index is 1.09. The monoisotopic (exact) mass is 492 g/mol. The molecule has 2 fully saturated rings. The van der Waals surface area contributed by atoms with E-state index >= 15 is 0 Å². The topological polar surface area (TPSA) is 57.6 Å². The van der Waals surface area contributed by atoms with E-state index in [2.05, 4.69) is 46.2 Å². The summed E-state index contributed by atoms with van der Waals surface area (Å²) in [5.74, 6) is 0.224. The molecular weight excluding hydrogens is 456 g/mol. The van der Waals surface area contributed by atoms with Gasteiger partial charge in [-0.05, 0) is 62.4 Å². The molecule has 0 atom stereocenters. The highest BCUT2D eigenvalue weighted by Crippen LogP contribution is 2.28. The van der Waals surface area contributed by atoms with Crippen molar-refractivity contribution in [3.8, 4) is 5.00 Å². The lowest BCUT2D eigenvalue weighted by atomic mass is 9.94. The van der Waals surface area contributed by atoms with Gasteiger partial charge in [0.05, 0.1) is 10.4 Å². The highest BCUT2D eigenvalue weighted by atomic mass is 32.1. The number of benzene rings is 1. The Labute approximate surface area is 211 Å². The van der Waals surface area contributed by atoms with Gasteiger partial charge in [-0.3, -0.25) is 9.59 Å². The fourth-order valence-electron chi connectivity index (χ4n) is 5.55. The largest absolute Gasteiger partial charge is 0.355 e. The normalized spacial score (nSPS) is 17.8. The first kappa shape index (κ1) is 24.1. The second-order valence-electron chi connectivity index (χ2n) is 10.0. The van der Waals surface area contributed by atoms with E-state index in [-0.39, 0.29) is 17.7 Å². The van der Waals surface area contributed by atoms with E-state index in [1.807, 2.05) is 29.2 Å². The number of para-hydroxylation sites is 1. The number of piperidine rings is 1.